The lowest BCUT2D eigenvalue weighted by molar-refractivity contribution is 0.991. The van der Waals surface area contributed by atoms with Crippen LogP contribution in [0.4, 0.5) is 0 Å². The number of fused-ring (bicyclic) bond motifs is 1. The Bertz CT molecular complexity index is 576. The van der Waals surface area contributed by atoms with Crippen molar-refractivity contribution >= 4 is 16.8 Å². The van der Waals surface area contributed by atoms with E-state index in [1.807, 2.05) is 6.08 Å². The highest BCUT2D eigenvalue weighted by molar-refractivity contribution is 5.95. The predicted octanol–water partition coefficient (Wildman–Crippen LogP) is 5.17. The highest BCUT2D eigenvalue weighted by atomic mass is 14.2. The van der Waals surface area contributed by atoms with Crippen LogP contribution in [0.2, 0.25) is 0 Å². The van der Waals surface area contributed by atoms with Crippen molar-refractivity contribution in [2.75, 3.05) is 0 Å². The van der Waals surface area contributed by atoms with Gasteiger partial charge in [-0.1, -0.05) is 57.7 Å². The van der Waals surface area contributed by atoms with Gasteiger partial charge in [-0.3, -0.25) is 0 Å². The third-order valence-electron chi connectivity index (χ3n) is 3.86. The van der Waals surface area contributed by atoms with Gasteiger partial charge in [-0.05, 0) is 52.3 Å². The van der Waals surface area contributed by atoms with Gasteiger partial charge in [0.2, 0.25) is 0 Å². The van der Waals surface area contributed by atoms with E-state index in [4.69, 9.17) is 0 Å². The second-order valence-electron chi connectivity index (χ2n) is 4.66. The molecule has 0 aromatic heterocycles. The van der Waals surface area contributed by atoms with Gasteiger partial charge in [-0.15, -0.1) is 0 Å². The van der Waals surface area contributed by atoms with Gasteiger partial charge in [-0.2, -0.15) is 0 Å². The van der Waals surface area contributed by atoms with E-state index in [0.717, 1.165) is 19.3 Å². The predicted molar refractivity (Wildman–Crippen MR) is 82.2 cm³/mol. The molecule has 0 aliphatic carbocycles. The number of hydrogen-bond donors (Lipinski definition) is 0. The maximum Gasteiger partial charge on any atom is -0.0106 e. The van der Waals surface area contributed by atoms with Crippen LogP contribution in [0.1, 0.15) is 43.0 Å². The summed E-state index contributed by atoms with van der Waals surface area (Å²) in [5.41, 5.74) is 5.88. The molecule has 94 valence electrons. The Hall–Kier alpha value is -1.56. The molecule has 0 saturated carbocycles. The fourth-order valence-corrected chi connectivity index (χ4v) is 3.12. The topological polar surface area (TPSA) is 0 Å². The first kappa shape index (κ1) is 12.9. The third-order valence-corrected chi connectivity index (χ3v) is 3.86. The van der Waals surface area contributed by atoms with Gasteiger partial charge < -0.3 is 0 Å². The Morgan fingerprint density at radius 2 is 1.39 bits per heavy atom. The van der Waals surface area contributed by atoms with E-state index >= 15 is 0 Å². The third kappa shape index (κ3) is 1.86. The zero-order valence-corrected chi connectivity index (χ0v) is 11.7. The fourth-order valence-electron chi connectivity index (χ4n) is 3.12. The normalized spacial score (nSPS) is 10.8. The number of aryl methyl sites for hydroxylation is 1. The highest BCUT2D eigenvalue weighted by Gasteiger charge is 2.14. The van der Waals surface area contributed by atoms with Crippen LogP contribution < -0.4 is 0 Å². The summed E-state index contributed by atoms with van der Waals surface area (Å²) in [6.45, 7) is 10.8. The molecule has 0 aliphatic rings. The van der Waals surface area contributed by atoms with Crippen molar-refractivity contribution in [3.63, 3.8) is 0 Å². The maximum atomic E-state index is 4.02. The van der Waals surface area contributed by atoms with Gasteiger partial charge in [0.05, 0.1) is 0 Å². The number of benzene rings is 2. The van der Waals surface area contributed by atoms with Crippen molar-refractivity contribution in [2.45, 2.75) is 40.0 Å². The summed E-state index contributed by atoms with van der Waals surface area (Å²) in [6.07, 6.45) is 5.33. The summed E-state index contributed by atoms with van der Waals surface area (Å²) < 4.78 is 0. The van der Waals surface area contributed by atoms with Crippen molar-refractivity contribution in [1.29, 1.82) is 0 Å². The molecule has 0 N–H and O–H groups in total. The minimum Gasteiger partial charge on any atom is -0.0984 e. The van der Waals surface area contributed by atoms with Crippen molar-refractivity contribution in [2.24, 2.45) is 0 Å². The van der Waals surface area contributed by atoms with E-state index in [0.29, 0.717) is 0 Å². The Labute approximate surface area is 110 Å². The van der Waals surface area contributed by atoms with E-state index in [1.54, 1.807) is 0 Å². The first-order chi connectivity index (χ1) is 8.78. The smallest absolute Gasteiger partial charge is 0.0106 e. The van der Waals surface area contributed by atoms with Crippen LogP contribution in [0.25, 0.3) is 16.8 Å². The molecule has 0 aliphatic heterocycles. The molecule has 0 radical (unpaired) electrons. The molecule has 0 amide bonds. The summed E-state index contributed by atoms with van der Waals surface area (Å²) in [5.74, 6) is 0. The Kier molecular flexibility index (Phi) is 3.86. The summed E-state index contributed by atoms with van der Waals surface area (Å²) in [7, 11) is 0. The largest absolute Gasteiger partial charge is 0.0984 e. The lowest BCUT2D eigenvalue weighted by Gasteiger charge is -2.19. The van der Waals surface area contributed by atoms with Crippen LogP contribution in [-0.4, -0.2) is 0 Å². The SMILES string of the molecule is C=Cc1c(CC)c(CC)c(CC)c2ccccc12. The monoisotopic (exact) mass is 238 g/mol. The summed E-state index contributed by atoms with van der Waals surface area (Å²) >= 11 is 0. The van der Waals surface area contributed by atoms with Gasteiger partial charge in [-0.25, -0.2) is 0 Å². The summed E-state index contributed by atoms with van der Waals surface area (Å²) in [5, 5.41) is 2.77. The van der Waals surface area contributed by atoms with Crippen LogP contribution in [0.3, 0.4) is 0 Å². The van der Waals surface area contributed by atoms with E-state index < -0.39 is 0 Å². The minimum absolute atomic E-state index is 1.09. The molecule has 2 rings (SSSR count). The Balaban J connectivity index is 2.99. The molecular weight excluding hydrogens is 216 g/mol. The van der Waals surface area contributed by atoms with Gasteiger partial charge in [0, 0.05) is 0 Å². The molecule has 0 atom stereocenters. The quantitative estimate of drug-likeness (QED) is 0.689. The molecule has 0 heteroatoms. The molecule has 0 spiro atoms. The van der Waals surface area contributed by atoms with Crippen LogP contribution in [0, 0.1) is 0 Å². The molecule has 0 heterocycles. The zero-order valence-electron chi connectivity index (χ0n) is 11.7. The van der Waals surface area contributed by atoms with Crippen molar-refractivity contribution in [3.05, 3.63) is 53.1 Å². The van der Waals surface area contributed by atoms with Gasteiger partial charge >= 0.3 is 0 Å². The molecule has 0 nitrogen and oxygen atoms in total. The first-order valence-corrected chi connectivity index (χ1v) is 6.96. The second-order valence-corrected chi connectivity index (χ2v) is 4.66. The van der Waals surface area contributed by atoms with E-state index in [-0.39, 0.29) is 0 Å². The van der Waals surface area contributed by atoms with E-state index in [2.05, 4.69) is 51.6 Å². The Morgan fingerprint density at radius 3 is 1.89 bits per heavy atom. The minimum atomic E-state index is 1.09. The molecule has 0 fully saturated rings. The van der Waals surface area contributed by atoms with E-state index in [9.17, 15) is 0 Å². The van der Waals surface area contributed by atoms with Crippen LogP contribution in [0.5, 0.6) is 0 Å². The molecule has 18 heavy (non-hydrogen) atoms. The van der Waals surface area contributed by atoms with Gasteiger partial charge in [0.15, 0.2) is 0 Å². The summed E-state index contributed by atoms with van der Waals surface area (Å²) in [4.78, 5) is 0. The van der Waals surface area contributed by atoms with Crippen molar-refractivity contribution in [1.82, 2.24) is 0 Å². The standard InChI is InChI=1S/C18H22/c1-5-13-14(6-2)16(8-4)18-12-10-9-11-17(18)15(13)7-3/h7,9-12H,3,5-6,8H2,1-2,4H3. The number of hydrogen-bond acceptors (Lipinski definition) is 0. The van der Waals surface area contributed by atoms with Crippen molar-refractivity contribution in [3.8, 4) is 0 Å². The van der Waals surface area contributed by atoms with Crippen LogP contribution in [0.15, 0.2) is 30.8 Å². The molecule has 0 unspecified atom stereocenters. The molecule has 0 bridgehead atoms. The van der Waals surface area contributed by atoms with Gasteiger partial charge in [0.25, 0.3) is 0 Å². The van der Waals surface area contributed by atoms with Gasteiger partial charge in [0.1, 0.15) is 0 Å². The fraction of sp³-hybridized carbons (Fsp3) is 0.333. The maximum absolute atomic E-state index is 4.02. The molecule has 0 saturated heterocycles. The Morgan fingerprint density at radius 1 is 0.833 bits per heavy atom. The molecule has 2 aromatic rings. The average Bonchev–Trinajstić information content (AvgIpc) is 2.44. The number of rotatable bonds is 4. The van der Waals surface area contributed by atoms with Crippen molar-refractivity contribution < 1.29 is 0 Å². The zero-order chi connectivity index (χ0) is 13.1. The lowest BCUT2D eigenvalue weighted by atomic mass is 9.86. The molecular formula is C18H22. The van der Waals surface area contributed by atoms with E-state index in [1.165, 1.54) is 33.0 Å². The van der Waals surface area contributed by atoms with Crippen LogP contribution >= 0.6 is 0 Å². The highest BCUT2D eigenvalue weighted by Crippen LogP contribution is 2.32. The molecule has 2 aromatic carbocycles. The lowest BCUT2D eigenvalue weighted by Crippen LogP contribution is -2.02. The average molecular weight is 238 g/mol. The first-order valence-electron chi connectivity index (χ1n) is 6.96. The summed E-state index contributed by atoms with van der Waals surface area (Å²) in [6, 6.07) is 8.74. The second kappa shape index (κ2) is 5.39. The van der Waals surface area contributed by atoms with Crippen LogP contribution in [-0.2, 0) is 19.3 Å².